The number of hydrogen-bond donors (Lipinski definition) is 2. The highest BCUT2D eigenvalue weighted by atomic mass is 16.5. The molecule has 2 aromatic rings. The third-order valence-electron chi connectivity index (χ3n) is 4.53. The molecule has 0 spiro atoms. The summed E-state index contributed by atoms with van der Waals surface area (Å²) >= 11 is 0. The van der Waals surface area contributed by atoms with Gasteiger partial charge < -0.3 is 20.3 Å². The zero-order valence-corrected chi connectivity index (χ0v) is 15.9. The number of ether oxygens (including phenoxy) is 1. The van der Waals surface area contributed by atoms with Crippen LogP contribution in [0.5, 0.6) is 5.75 Å². The summed E-state index contributed by atoms with van der Waals surface area (Å²) in [6.07, 6.45) is 0. The Morgan fingerprint density at radius 1 is 1.19 bits per heavy atom. The molecule has 3 amide bonds. The highest BCUT2D eigenvalue weighted by molar-refractivity contribution is 6.00. The molecule has 27 heavy (non-hydrogen) atoms. The van der Waals surface area contributed by atoms with Gasteiger partial charge in [-0.3, -0.25) is 4.79 Å². The van der Waals surface area contributed by atoms with Gasteiger partial charge in [0, 0.05) is 18.8 Å². The number of carbonyl (C=O) groups excluding carboxylic acids is 2. The van der Waals surface area contributed by atoms with Crippen LogP contribution in [-0.2, 0) is 11.3 Å². The van der Waals surface area contributed by atoms with E-state index in [-0.39, 0.29) is 11.9 Å². The van der Waals surface area contributed by atoms with Crippen molar-refractivity contribution in [2.75, 3.05) is 23.4 Å². The Morgan fingerprint density at radius 2 is 1.93 bits per heavy atom. The van der Waals surface area contributed by atoms with Crippen molar-refractivity contribution in [3.05, 3.63) is 54.1 Å². The quantitative estimate of drug-likeness (QED) is 0.864. The van der Waals surface area contributed by atoms with E-state index in [1.807, 2.05) is 51.1 Å². The Labute approximate surface area is 159 Å². The van der Waals surface area contributed by atoms with Crippen molar-refractivity contribution in [1.82, 2.24) is 5.32 Å². The average Bonchev–Trinajstić information content (AvgIpc) is 2.75. The second kappa shape index (κ2) is 7.70. The van der Waals surface area contributed by atoms with Gasteiger partial charge in [0.1, 0.15) is 12.4 Å². The molecule has 0 atom stereocenters. The Morgan fingerprint density at radius 3 is 2.63 bits per heavy atom. The van der Waals surface area contributed by atoms with Crippen molar-refractivity contribution in [3.8, 4) is 5.75 Å². The van der Waals surface area contributed by atoms with Gasteiger partial charge in [-0.15, -0.1) is 0 Å². The largest absolute Gasteiger partial charge is 0.490 e. The molecule has 6 nitrogen and oxygen atoms in total. The van der Waals surface area contributed by atoms with E-state index < -0.39 is 5.41 Å². The lowest BCUT2D eigenvalue weighted by Crippen LogP contribution is -2.42. The maximum atomic E-state index is 12.8. The van der Waals surface area contributed by atoms with Crippen LogP contribution < -0.4 is 20.3 Å². The van der Waals surface area contributed by atoms with Crippen LogP contribution in [0.3, 0.4) is 0 Å². The average molecular weight is 367 g/mol. The van der Waals surface area contributed by atoms with E-state index in [1.54, 1.807) is 23.1 Å². The Bertz CT molecular complexity index is 834. The second-order valence-electron chi connectivity index (χ2n) is 7.20. The number of benzene rings is 2. The molecule has 0 saturated carbocycles. The van der Waals surface area contributed by atoms with Gasteiger partial charge in [0.05, 0.1) is 11.1 Å². The molecule has 0 radical (unpaired) electrons. The molecule has 3 rings (SSSR count). The predicted molar refractivity (Wildman–Crippen MR) is 106 cm³/mol. The zero-order chi connectivity index (χ0) is 19.4. The van der Waals surface area contributed by atoms with Crippen molar-refractivity contribution < 1.29 is 14.3 Å². The van der Waals surface area contributed by atoms with E-state index in [9.17, 15) is 9.59 Å². The molecule has 0 bridgehead atoms. The number of anilines is 2. The predicted octanol–water partition coefficient (Wildman–Crippen LogP) is 3.78. The molecular formula is C21H25N3O3. The first-order valence-electron chi connectivity index (χ1n) is 9.08. The molecule has 2 N–H and O–H groups in total. The van der Waals surface area contributed by atoms with Gasteiger partial charge >= 0.3 is 6.03 Å². The van der Waals surface area contributed by atoms with Crippen LogP contribution in [0.4, 0.5) is 16.2 Å². The standard InChI is InChI=1S/C21H25N3O3/c1-4-24-17-12-16(10-11-18(17)27-14-21(2,3)19(24)25)23-20(26)22-13-15-8-6-5-7-9-15/h5-12H,4,13-14H2,1-3H3,(H2,22,23,26). The molecule has 0 aliphatic carbocycles. The molecule has 0 aromatic heterocycles. The van der Waals surface area contributed by atoms with Crippen molar-refractivity contribution in [2.24, 2.45) is 5.41 Å². The topological polar surface area (TPSA) is 70.7 Å². The fraction of sp³-hybridized carbons (Fsp3) is 0.333. The van der Waals surface area contributed by atoms with Crippen LogP contribution in [0.15, 0.2) is 48.5 Å². The molecule has 0 fully saturated rings. The van der Waals surface area contributed by atoms with E-state index in [4.69, 9.17) is 4.74 Å². The first-order valence-corrected chi connectivity index (χ1v) is 9.08. The van der Waals surface area contributed by atoms with Gasteiger partial charge in [-0.1, -0.05) is 30.3 Å². The number of fused-ring (bicyclic) bond motifs is 1. The smallest absolute Gasteiger partial charge is 0.319 e. The lowest BCUT2D eigenvalue weighted by Gasteiger charge is -2.27. The normalized spacial score (nSPS) is 15.4. The van der Waals surface area contributed by atoms with Gasteiger partial charge in [-0.05, 0) is 44.5 Å². The molecule has 1 heterocycles. The number of amides is 3. The van der Waals surface area contributed by atoms with Crippen molar-refractivity contribution in [3.63, 3.8) is 0 Å². The summed E-state index contributed by atoms with van der Waals surface area (Å²) in [5, 5.41) is 5.64. The van der Waals surface area contributed by atoms with Gasteiger partial charge in [0.2, 0.25) is 5.91 Å². The van der Waals surface area contributed by atoms with E-state index in [2.05, 4.69) is 10.6 Å². The molecule has 2 aromatic carbocycles. The van der Waals surface area contributed by atoms with E-state index in [0.717, 1.165) is 5.56 Å². The number of nitrogens with zero attached hydrogens (tertiary/aromatic N) is 1. The summed E-state index contributed by atoms with van der Waals surface area (Å²) < 4.78 is 5.84. The molecule has 1 aliphatic rings. The van der Waals surface area contributed by atoms with Crippen LogP contribution in [-0.4, -0.2) is 25.1 Å². The van der Waals surface area contributed by atoms with Gasteiger partial charge in [-0.25, -0.2) is 4.79 Å². The highest BCUT2D eigenvalue weighted by Crippen LogP contribution is 2.38. The summed E-state index contributed by atoms with van der Waals surface area (Å²) in [7, 11) is 0. The van der Waals surface area contributed by atoms with Crippen LogP contribution in [0.25, 0.3) is 0 Å². The van der Waals surface area contributed by atoms with E-state index in [0.29, 0.717) is 36.8 Å². The number of carbonyl (C=O) groups is 2. The van der Waals surface area contributed by atoms with E-state index >= 15 is 0 Å². The molecule has 1 aliphatic heterocycles. The highest BCUT2D eigenvalue weighted by Gasteiger charge is 2.37. The number of hydrogen-bond acceptors (Lipinski definition) is 3. The summed E-state index contributed by atoms with van der Waals surface area (Å²) in [5.74, 6) is 0.653. The number of nitrogens with one attached hydrogen (secondary N) is 2. The molecule has 142 valence electrons. The number of rotatable bonds is 4. The zero-order valence-electron chi connectivity index (χ0n) is 15.9. The van der Waals surface area contributed by atoms with Crippen molar-refractivity contribution >= 4 is 23.3 Å². The molecular weight excluding hydrogens is 342 g/mol. The first kappa shape index (κ1) is 18.8. The Hall–Kier alpha value is -3.02. The van der Waals surface area contributed by atoms with Crippen LogP contribution >= 0.6 is 0 Å². The summed E-state index contributed by atoms with van der Waals surface area (Å²) in [4.78, 5) is 26.7. The van der Waals surface area contributed by atoms with Gasteiger partial charge in [-0.2, -0.15) is 0 Å². The molecule has 0 unspecified atom stereocenters. The Kier molecular flexibility index (Phi) is 5.35. The van der Waals surface area contributed by atoms with Crippen LogP contribution in [0.2, 0.25) is 0 Å². The monoisotopic (exact) mass is 367 g/mol. The van der Waals surface area contributed by atoms with Gasteiger partial charge in [0.25, 0.3) is 0 Å². The van der Waals surface area contributed by atoms with Crippen molar-refractivity contribution in [1.29, 1.82) is 0 Å². The summed E-state index contributed by atoms with van der Waals surface area (Å²) in [6, 6.07) is 14.7. The second-order valence-corrected chi connectivity index (χ2v) is 7.20. The Balaban J connectivity index is 1.73. The van der Waals surface area contributed by atoms with Crippen molar-refractivity contribution in [2.45, 2.75) is 27.3 Å². The van der Waals surface area contributed by atoms with Crippen LogP contribution in [0, 0.1) is 5.41 Å². The minimum atomic E-state index is -0.602. The minimum absolute atomic E-state index is 0.00873. The fourth-order valence-corrected chi connectivity index (χ4v) is 2.99. The lowest BCUT2D eigenvalue weighted by atomic mass is 9.93. The summed E-state index contributed by atoms with van der Waals surface area (Å²) in [6.45, 7) is 6.96. The van der Waals surface area contributed by atoms with Crippen LogP contribution in [0.1, 0.15) is 26.3 Å². The lowest BCUT2D eigenvalue weighted by molar-refractivity contribution is -0.127. The third kappa shape index (κ3) is 4.22. The maximum absolute atomic E-state index is 12.8. The molecule has 0 saturated heterocycles. The number of urea groups is 1. The summed E-state index contributed by atoms with van der Waals surface area (Å²) in [5.41, 5.74) is 1.70. The SMILES string of the molecule is CCN1C(=O)C(C)(C)COc2ccc(NC(=O)NCc3ccccc3)cc21. The maximum Gasteiger partial charge on any atom is 0.319 e. The minimum Gasteiger partial charge on any atom is -0.490 e. The third-order valence-corrected chi connectivity index (χ3v) is 4.53. The van der Waals surface area contributed by atoms with E-state index in [1.165, 1.54) is 0 Å². The first-order chi connectivity index (χ1) is 12.9. The van der Waals surface area contributed by atoms with Gasteiger partial charge in [0.15, 0.2) is 0 Å². The fourth-order valence-electron chi connectivity index (χ4n) is 2.99. The molecule has 6 heteroatoms.